The monoisotopic (exact) mass is 389 g/mol. The summed E-state index contributed by atoms with van der Waals surface area (Å²) in [6.45, 7) is 1.62. The smallest absolute Gasteiger partial charge is 0.269 e. The van der Waals surface area contributed by atoms with Crippen LogP contribution >= 0.6 is 0 Å². The molecule has 29 heavy (non-hydrogen) atoms. The minimum Gasteiger partial charge on any atom is -0.377 e. The van der Waals surface area contributed by atoms with Crippen LogP contribution in [0.15, 0.2) is 54.6 Å². The van der Waals surface area contributed by atoms with Crippen molar-refractivity contribution in [3.8, 4) is 0 Å². The number of nitrogens with zero attached hydrogens (tertiary/aromatic N) is 2. The molecule has 3 atom stereocenters. The normalized spacial score (nSPS) is 24.7. The second-order valence-electron chi connectivity index (χ2n) is 8.10. The lowest BCUT2D eigenvalue weighted by Crippen LogP contribution is -2.33. The summed E-state index contributed by atoms with van der Waals surface area (Å²) < 4.78 is 0. The second kappa shape index (κ2) is 7.03. The van der Waals surface area contributed by atoms with Gasteiger partial charge in [-0.05, 0) is 42.4 Å². The van der Waals surface area contributed by atoms with Crippen molar-refractivity contribution in [2.75, 3.05) is 18.4 Å². The molecule has 2 aromatic carbocycles. The molecule has 3 aliphatic rings. The van der Waals surface area contributed by atoms with Gasteiger partial charge in [-0.15, -0.1) is 0 Å². The number of hydrogen-bond donors (Lipinski definition) is 1. The molecule has 1 aliphatic carbocycles. The maximum absolute atomic E-state index is 13.2. The molecule has 2 aliphatic heterocycles. The Morgan fingerprint density at radius 1 is 1.14 bits per heavy atom. The molecule has 148 valence electrons. The van der Waals surface area contributed by atoms with Crippen molar-refractivity contribution in [2.45, 2.75) is 31.2 Å². The summed E-state index contributed by atoms with van der Waals surface area (Å²) in [5, 5.41) is 14.9. The van der Waals surface area contributed by atoms with Gasteiger partial charge in [-0.2, -0.15) is 0 Å². The fourth-order valence-corrected chi connectivity index (χ4v) is 5.05. The van der Waals surface area contributed by atoms with Crippen LogP contribution < -0.4 is 5.32 Å². The molecule has 6 heteroatoms. The van der Waals surface area contributed by atoms with Crippen LogP contribution in [0.1, 0.15) is 52.7 Å². The molecule has 6 nitrogen and oxygen atoms in total. The van der Waals surface area contributed by atoms with Crippen molar-refractivity contribution >= 4 is 17.3 Å². The Bertz CT molecular complexity index is 1010. The molecular formula is C23H23N3O3. The number of nitro groups is 1. The number of rotatable bonds is 3. The summed E-state index contributed by atoms with van der Waals surface area (Å²) in [6, 6.07) is 12.8. The minimum atomic E-state index is -0.354. The zero-order valence-corrected chi connectivity index (χ0v) is 16.1. The number of non-ortho nitro benzene ring substituents is 1. The van der Waals surface area contributed by atoms with Gasteiger partial charge in [0.25, 0.3) is 11.6 Å². The number of carbonyl (C=O) groups is 1. The molecule has 0 aromatic heterocycles. The number of amides is 1. The zero-order chi connectivity index (χ0) is 20.0. The van der Waals surface area contributed by atoms with E-state index >= 15 is 0 Å². The average Bonchev–Trinajstić information content (AvgIpc) is 3.44. The lowest BCUT2D eigenvalue weighted by Gasteiger charge is -2.38. The molecule has 2 aromatic rings. The lowest BCUT2D eigenvalue weighted by atomic mass is 9.76. The van der Waals surface area contributed by atoms with E-state index in [4.69, 9.17) is 0 Å². The van der Waals surface area contributed by atoms with Crippen molar-refractivity contribution in [3.63, 3.8) is 0 Å². The summed E-state index contributed by atoms with van der Waals surface area (Å²) in [4.78, 5) is 26.0. The fourth-order valence-electron chi connectivity index (χ4n) is 5.05. The summed E-state index contributed by atoms with van der Waals surface area (Å²) >= 11 is 0. The Morgan fingerprint density at radius 2 is 1.93 bits per heavy atom. The molecule has 1 N–H and O–H groups in total. The van der Waals surface area contributed by atoms with E-state index in [9.17, 15) is 14.9 Å². The Labute approximate surface area is 169 Å². The molecule has 1 saturated heterocycles. The number of para-hydroxylation sites is 1. The summed E-state index contributed by atoms with van der Waals surface area (Å²) in [6.07, 6.45) is 7.43. The Kier molecular flexibility index (Phi) is 4.34. The third-order valence-electron chi connectivity index (χ3n) is 6.46. The highest BCUT2D eigenvalue weighted by Gasteiger charge is 2.40. The SMILES string of the molecule is O=C(c1cccc2c1N[C@H](c1cccc([N+](=O)[O-])c1)[C@@H]1CC=C[C@H]21)N1CCCC1. The molecule has 0 saturated carbocycles. The number of benzene rings is 2. The molecule has 0 bridgehead atoms. The van der Waals surface area contributed by atoms with Gasteiger partial charge in [0.05, 0.1) is 22.2 Å². The van der Waals surface area contributed by atoms with E-state index in [-0.39, 0.29) is 34.4 Å². The van der Waals surface area contributed by atoms with Gasteiger partial charge < -0.3 is 10.2 Å². The van der Waals surface area contributed by atoms with Crippen LogP contribution in [0.3, 0.4) is 0 Å². The van der Waals surface area contributed by atoms with Crippen LogP contribution in [-0.4, -0.2) is 28.8 Å². The van der Waals surface area contributed by atoms with Crippen molar-refractivity contribution in [3.05, 3.63) is 81.4 Å². The van der Waals surface area contributed by atoms with Crippen LogP contribution in [0, 0.1) is 16.0 Å². The van der Waals surface area contributed by atoms with E-state index < -0.39 is 0 Å². The highest BCUT2D eigenvalue weighted by atomic mass is 16.6. The van der Waals surface area contributed by atoms with E-state index in [1.165, 1.54) is 6.07 Å². The average molecular weight is 389 g/mol. The standard InChI is InChI=1S/C23H23N3O3/c27-23(25-12-1-2-13-25)20-11-5-10-19-17-8-4-9-18(17)21(24-22(19)20)15-6-3-7-16(14-15)26(28)29/h3-8,10-11,14,17-18,21,24H,1-2,9,12-13H2/t17-,18+,21+/m0/s1. The highest BCUT2D eigenvalue weighted by molar-refractivity contribution is 6.01. The van der Waals surface area contributed by atoms with Gasteiger partial charge in [0.2, 0.25) is 0 Å². The van der Waals surface area contributed by atoms with Gasteiger partial charge in [0, 0.05) is 31.1 Å². The number of allylic oxidation sites excluding steroid dienone is 2. The zero-order valence-electron chi connectivity index (χ0n) is 16.1. The van der Waals surface area contributed by atoms with Crippen LogP contribution in [0.4, 0.5) is 11.4 Å². The van der Waals surface area contributed by atoms with E-state index in [0.29, 0.717) is 5.56 Å². The molecule has 0 unspecified atom stereocenters. The second-order valence-corrected chi connectivity index (χ2v) is 8.10. The first kappa shape index (κ1) is 17.9. The fraction of sp³-hybridized carbons (Fsp3) is 0.348. The number of fused-ring (bicyclic) bond motifs is 3. The highest BCUT2D eigenvalue weighted by Crippen LogP contribution is 2.51. The van der Waals surface area contributed by atoms with Gasteiger partial charge in [0.1, 0.15) is 0 Å². The minimum absolute atomic E-state index is 0.0741. The van der Waals surface area contributed by atoms with E-state index in [1.54, 1.807) is 12.1 Å². The molecule has 0 radical (unpaired) electrons. The van der Waals surface area contributed by atoms with E-state index in [1.807, 2.05) is 23.1 Å². The quantitative estimate of drug-likeness (QED) is 0.471. The Morgan fingerprint density at radius 3 is 2.72 bits per heavy atom. The van der Waals surface area contributed by atoms with Gasteiger partial charge in [0.15, 0.2) is 0 Å². The van der Waals surface area contributed by atoms with Crippen LogP contribution in [0.5, 0.6) is 0 Å². The number of nitrogens with one attached hydrogen (secondary N) is 1. The van der Waals surface area contributed by atoms with Gasteiger partial charge in [-0.25, -0.2) is 0 Å². The molecule has 1 amide bonds. The number of nitro benzene ring substituents is 1. The van der Waals surface area contributed by atoms with Gasteiger partial charge in [-0.1, -0.05) is 36.4 Å². The molecular weight excluding hydrogens is 366 g/mol. The predicted molar refractivity (Wildman–Crippen MR) is 111 cm³/mol. The summed E-state index contributed by atoms with van der Waals surface area (Å²) in [5.41, 5.74) is 3.73. The summed E-state index contributed by atoms with van der Waals surface area (Å²) in [7, 11) is 0. The number of hydrogen-bond acceptors (Lipinski definition) is 4. The first-order chi connectivity index (χ1) is 14.1. The van der Waals surface area contributed by atoms with Crippen LogP contribution in [-0.2, 0) is 0 Å². The molecule has 5 rings (SSSR count). The maximum atomic E-state index is 13.2. The number of carbonyl (C=O) groups excluding carboxylic acids is 1. The third kappa shape index (κ3) is 2.99. The first-order valence-corrected chi connectivity index (χ1v) is 10.2. The first-order valence-electron chi connectivity index (χ1n) is 10.2. The summed E-state index contributed by atoms with van der Waals surface area (Å²) in [5.74, 6) is 0.563. The maximum Gasteiger partial charge on any atom is 0.269 e. The molecule has 1 fully saturated rings. The van der Waals surface area contributed by atoms with Crippen molar-refractivity contribution in [1.82, 2.24) is 4.90 Å². The van der Waals surface area contributed by atoms with Crippen molar-refractivity contribution in [2.24, 2.45) is 5.92 Å². The molecule has 0 spiro atoms. The van der Waals surface area contributed by atoms with Crippen molar-refractivity contribution in [1.29, 1.82) is 0 Å². The van der Waals surface area contributed by atoms with Gasteiger partial charge in [-0.3, -0.25) is 14.9 Å². The van der Waals surface area contributed by atoms with Crippen LogP contribution in [0.2, 0.25) is 0 Å². The van der Waals surface area contributed by atoms with E-state index in [0.717, 1.165) is 49.2 Å². The third-order valence-corrected chi connectivity index (χ3v) is 6.46. The Balaban J connectivity index is 1.57. The predicted octanol–water partition coefficient (Wildman–Crippen LogP) is 4.66. The Hall–Kier alpha value is -3.15. The lowest BCUT2D eigenvalue weighted by molar-refractivity contribution is -0.384. The van der Waals surface area contributed by atoms with Crippen LogP contribution in [0.25, 0.3) is 0 Å². The van der Waals surface area contributed by atoms with Gasteiger partial charge >= 0.3 is 0 Å². The van der Waals surface area contributed by atoms with E-state index in [2.05, 4.69) is 23.5 Å². The number of likely N-dealkylation sites (tertiary alicyclic amines) is 1. The topological polar surface area (TPSA) is 75.5 Å². The van der Waals surface area contributed by atoms with Crippen molar-refractivity contribution < 1.29 is 9.72 Å². The number of anilines is 1. The molecule has 2 heterocycles. The largest absolute Gasteiger partial charge is 0.377 e.